The van der Waals surface area contributed by atoms with Crippen LogP contribution in [0.15, 0.2) is 24.3 Å². The van der Waals surface area contributed by atoms with Crippen LogP contribution < -0.4 is 0 Å². The topological polar surface area (TPSA) is 158 Å². The Bertz CT molecular complexity index is 669. The average molecular weight is 471 g/mol. The summed E-state index contributed by atoms with van der Waals surface area (Å²) in [5.74, 6) is -6.77. The van der Waals surface area contributed by atoms with Crippen LogP contribution in [0.5, 0.6) is 0 Å². The Kier molecular flexibility index (Phi) is 16.4. The second-order valence-corrected chi connectivity index (χ2v) is 7.99. The van der Waals surface area contributed by atoms with Crippen molar-refractivity contribution in [3.63, 3.8) is 0 Å². The normalized spacial score (nSPS) is 14.2. The first-order valence-electron chi connectivity index (χ1n) is 11.5. The third-order valence-corrected chi connectivity index (χ3v) is 5.03. The first kappa shape index (κ1) is 30.3. The summed E-state index contributed by atoms with van der Waals surface area (Å²) in [6, 6.07) is 0. The first-order chi connectivity index (χ1) is 15.6. The van der Waals surface area contributed by atoms with Crippen LogP contribution >= 0.6 is 0 Å². The maximum Gasteiger partial charge on any atom is 0.348 e. The van der Waals surface area contributed by atoms with Gasteiger partial charge in [0.05, 0.1) is 6.42 Å². The van der Waals surface area contributed by atoms with Gasteiger partial charge in [0.2, 0.25) is 11.7 Å². The van der Waals surface area contributed by atoms with E-state index < -0.39 is 42.0 Å². The molecule has 0 aliphatic rings. The molecule has 188 valence electrons. The summed E-state index contributed by atoms with van der Waals surface area (Å²) < 4.78 is 4.61. The van der Waals surface area contributed by atoms with E-state index in [0.29, 0.717) is 12.8 Å². The summed E-state index contributed by atoms with van der Waals surface area (Å²) >= 11 is 0. The molecular weight excluding hydrogens is 432 g/mol. The fourth-order valence-electron chi connectivity index (χ4n) is 3.13. The second kappa shape index (κ2) is 17.8. The van der Waals surface area contributed by atoms with Crippen LogP contribution in [0.25, 0.3) is 0 Å². The van der Waals surface area contributed by atoms with E-state index in [-0.39, 0.29) is 6.42 Å². The van der Waals surface area contributed by atoms with Gasteiger partial charge in [0.1, 0.15) is 0 Å². The van der Waals surface area contributed by atoms with Gasteiger partial charge in [0.25, 0.3) is 0 Å². The third-order valence-electron chi connectivity index (χ3n) is 5.03. The molecule has 0 aliphatic heterocycles. The molecule has 0 aromatic heterocycles. The van der Waals surface area contributed by atoms with E-state index in [1.165, 1.54) is 19.3 Å². The summed E-state index contributed by atoms with van der Waals surface area (Å²) in [5, 5.41) is 36.9. The molecule has 9 nitrogen and oxygen atoms in total. The van der Waals surface area contributed by atoms with Crippen molar-refractivity contribution in [2.45, 2.75) is 102 Å². The monoisotopic (exact) mass is 470 g/mol. The number of rotatable bonds is 20. The van der Waals surface area contributed by atoms with Crippen molar-refractivity contribution in [2.24, 2.45) is 0 Å². The summed E-state index contributed by atoms with van der Waals surface area (Å²) in [7, 11) is 0. The van der Waals surface area contributed by atoms with Crippen molar-refractivity contribution < 1.29 is 44.3 Å². The van der Waals surface area contributed by atoms with E-state index in [4.69, 9.17) is 15.3 Å². The number of hydrogen-bond donors (Lipinski definition) is 4. The molecule has 0 bridgehead atoms. The standard InChI is InChI=1S/C24H38O9/c1-2-3-4-5-6-7-8-9-10-11-12-13-14-15-16-17-20(27)33-21(22(28)29)24(32,23(30)31)18-19(25)26/h6-7,9-10,21,32H,2-5,8,11-18H2,1H3,(H,25,26)(H,28,29)(H,30,31)/b7-6-,10-9-. The van der Waals surface area contributed by atoms with Crippen LogP contribution in [0.1, 0.15) is 90.4 Å². The summed E-state index contributed by atoms with van der Waals surface area (Å²) in [5.41, 5.74) is -3.26. The highest BCUT2D eigenvalue weighted by Gasteiger charge is 2.52. The maximum atomic E-state index is 11.9. The zero-order valence-electron chi connectivity index (χ0n) is 19.4. The molecule has 0 aromatic carbocycles. The lowest BCUT2D eigenvalue weighted by Crippen LogP contribution is -2.56. The minimum Gasteiger partial charge on any atom is -0.481 e. The lowest BCUT2D eigenvalue weighted by Gasteiger charge is -2.27. The van der Waals surface area contributed by atoms with Gasteiger partial charge in [-0.3, -0.25) is 9.59 Å². The Morgan fingerprint density at radius 2 is 1.36 bits per heavy atom. The van der Waals surface area contributed by atoms with E-state index in [1.54, 1.807) is 0 Å². The van der Waals surface area contributed by atoms with Crippen molar-refractivity contribution >= 4 is 23.9 Å². The highest BCUT2D eigenvalue weighted by Crippen LogP contribution is 2.21. The van der Waals surface area contributed by atoms with Gasteiger partial charge < -0.3 is 25.2 Å². The van der Waals surface area contributed by atoms with Gasteiger partial charge in [-0.05, 0) is 38.5 Å². The number of hydrogen-bond acceptors (Lipinski definition) is 6. The molecule has 9 heteroatoms. The molecule has 0 amide bonds. The average Bonchev–Trinajstić information content (AvgIpc) is 2.73. The number of carboxylic acids is 3. The molecule has 2 unspecified atom stereocenters. The molecule has 2 atom stereocenters. The van der Waals surface area contributed by atoms with E-state index in [9.17, 15) is 24.3 Å². The molecule has 0 rings (SSSR count). The Balaban J connectivity index is 4.10. The van der Waals surface area contributed by atoms with Crippen molar-refractivity contribution in [3.8, 4) is 0 Å². The molecule has 33 heavy (non-hydrogen) atoms. The Morgan fingerprint density at radius 3 is 1.88 bits per heavy atom. The van der Waals surface area contributed by atoms with E-state index in [1.807, 2.05) is 0 Å². The molecule has 0 heterocycles. The molecule has 0 saturated carbocycles. The number of aliphatic hydroxyl groups is 1. The lowest BCUT2D eigenvalue weighted by molar-refractivity contribution is -0.197. The van der Waals surface area contributed by atoms with Gasteiger partial charge in [-0.1, -0.05) is 63.3 Å². The van der Waals surface area contributed by atoms with Crippen molar-refractivity contribution in [1.82, 2.24) is 0 Å². The van der Waals surface area contributed by atoms with Crippen molar-refractivity contribution in [2.75, 3.05) is 0 Å². The lowest BCUT2D eigenvalue weighted by atomic mass is 9.92. The maximum absolute atomic E-state index is 11.9. The first-order valence-corrected chi connectivity index (χ1v) is 11.5. The molecule has 4 N–H and O–H groups in total. The van der Waals surface area contributed by atoms with Crippen LogP contribution in [-0.2, 0) is 23.9 Å². The van der Waals surface area contributed by atoms with Crippen molar-refractivity contribution in [1.29, 1.82) is 0 Å². The number of allylic oxidation sites excluding steroid dienone is 4. The quantitative estimate of drug-likeness (QED) is 0.117. The van der Waals surface area contributed by atoms with Gasteiger partial charge in [0, 0.05) is 6.42 Å². The predicted octanol–water partition coefficient (Wildman–Crippen LogP) is 4.09. The Morgan fingerprint density at radius 1 is 0.818 bits per heavy atom. The fourth-order valence-corrected chi connectivity index (χ4v) is 3.13. The number of carbonyl (C=O) groups excluding carboxylic acids is 1. The molecule has 0 saturated heterocycles. The van der Waals surface area contributed by atoms with Crippen LogP contribution in [0.3, 0.4) is 0 Å². The zero-order valence-corrected chi connectivity index (χ0v) is 19.4. The fraction of sp³-hybridized carbons (Fsp3) is 0.667. The minimum atomic E-state index is -3.26. The smallest absolute Gasteiger partial charge is 0.348 e. The SMILES string of the molecule is CCCCC/C=C\C/C=C\CCCCCCCC(=O)OC(C(=O)O)C(O)(CC(=O)O)C(=O)O. The van der Waals surface area contributed by atoms with E-state index in [0.717, 1.165) is 38.5 Å². The van der Waals surface area contributed by atoms with E-state index in [2.05, 4.69) is 36.0 Å². The Labute approximate surface area is 195 Å². The van der Waals surface area contributed by atoms with E-state index >= 15 is 0 Å². The van der Waals surface area contributed by atoms with Gasteiger partial charge in [-0.2, -0.15) is 0 Å². The predicted molar refractivity (Wildman–Crippen MR) is 122 cm³/mol. The van der Waals surface area contributed by atoms with Crippen LogP contribution in [0.4, 0.5) is 0 Å². The Hall–Kier alpha value is -2.68. The molecule has 0 spiro atoms. The summed E-state index contributed by atoms with van der Waals surface area (Å²) in [6.07, 6.45) is 15.4. The largest absolute Gasteiger partial charge is 0.481 e. The van der Waals surface area contributed by atoms with Crippen molar-refractivity contribution in [3.05, 3.63) is 24.3 Å². The summed E-state index contributed by atoms with van der Waals surface area (Å²) in [6.45, 7) is 2.19. The molecule has 0 fully saturated rings. The van der Waals surface area contributed by atoms with Gasteiger partial charge in [0.15, 0.2) is 0 Å². The molecular formula is C24H38O9. The second-order valence-electron chi connectivity index (χ2n) is 7.99. The van der Waals surface area contributed by atoms with Gasteiger partial charge >= 0.3 is 23.9 Å². The number of carboxylic acid groups (broad SMARTS) is 3. The highest BCUT2D eigenvalue weighted by atomic mass is 16.6. The minimum absolute atomic E-state index is 0.156. The number of unbranched alkanes of at least 4 members (excludes halogenated alkanes) is 8. The highest BCUT2D eigenvalue weighted by molar-refractivity contribution is 5.92. The van der Waals surface area contributed by atoms with Crippen LogP contribution in [-0.4, -0.2) is 56.0 Å². The summed E-state index contributed by atoms with van der Waals surface area (Å²) in [4.78, 5) is 45.2. The molecule has 0 radical (unpaired) electrons. The molecule has 0 aromatic rings. The number of esters is 1. The molecule has 0 aliphatic carbocycles. The van der Waals surface area contributed by atoms with Gasteiger partial charge in [-0.15, -0.1) is 0 Å². The van der Waals surface area contributed by atoms with Crippen LogP contribution in [0.2, 0.25) is 0 Å². The number of carbonyl (C=O) groups is 4. The zero-order chi connectivity index (χ0) is 25.1. The van der Waals surface area contributed by atoms with Crippen LogP contribution in [0, 0.1) is 0 Å². The number of aliphatic carboxylic acids is 3. The van der Waals surface area contributed by atoms with Gasteiger partial charge in [-0.25, -0.2) is 9.59 Å². The third kappa shape index (κ3) is 14.2. The number of ether oxygens (including phenoxy) is 1.